The second-order valence-electron chi connectivity index (χ2n) is 10.1. The van der Waals surface area contributed by atoms with E-state index in [2.05, 4.69) is 15.5 Å². The number of ether oxygens (including phenoxy) is 1. The van der Waals surface area contributed by atoms with Crippen LogP contribution < -0.4 is 15.5 Å². The number of Topliss-reactive ketones (excluding diaryl/α,β-unsaturated/α-hetero) is 1. The summed E-state index contributed by atoms with van der Waals surface area (Å²) in [6.45, 7) is 4.55. The Morgan fingerprint density at radius 2 is 1.79 bits per heavy atom. The quantitative estimate of drug-likeness (QED) is 0.136. The molecule has 1 atom stereocenters. The van der Waals surface area contributed by atoms with Crippen molar-refractivity contribution >= 4 is 41.6 Å². The number of carbonyl (C=O) groups is 2. The summed E-state index contributed by atoms with van der Waals surface area (Å²) < 4.78 is 8.00. The van der Waals surface area contributed by atoms with Crippen LogP contribution in [-0.2, 0) is 4.79 Å². The van der Waals surface area contributed by atoms with Gasteiger partial charge in [0.2, 0.25) is 5.91 Å². The van der Waals surface area contributed by atoms with Crippen LogP contribution in [0, 0.1) is 6.92 Å². The Kier molecular flexibility index (Phi) is 9.35. The number of carbonyl (C=O) groups excluding carboxylic acids is 2. The zero-order chi connectivity index (χ0) is 30.5. The number of amides is 1. The van der Waals surface area contributed by atoms with E-state index < -0.39 is 13.2 Å². The lowest BCUT2D eigenvalue weighted by molar-refractivity contribution is -0.121. The molecule has 3 aromatic carbocycles. The number of aliphatic imine (C=N–C) groups is 1. The van der Waals surface area contributed by atoms with Crippen molar-refractivity contribution in [2.24, 2.45) is 4.99 Å². The van der Waals surface area contributed by atoms with Crippen LogP contribution >= 0.6 is 11.6 Å². The van der Waals surface area contributed by atoms with Gasteiger partial charge >= 0.3 is 7.12 Å². The number of ketones is 1. The lowest BCUT2D eigenvalue weighted by Crippen LogP contribution is -2.29. The standard InChI is InChI=1S/C31H31BClN5O5/c1-3-34-29(40)18-26-31-37-36-19(2)38(31)27-15-14-24(17-25(27)30(35-26)21-8-12-23(33)13-9-21)43-16-4-5-28(39)20-6-10-22(11-7-20)32(41)42/h6-15,17,26,41-42H,3-5,16,18H2,1-2H3,(H,34,40)/t26-/m0/s1. The maximum absolute atomic E-state index is 12.7. The van der Waals surface area contributed by atoms with Crippen molar-refractivity contribution in [1.82, 2.24) is 20.1 Å². The van der Waals surface area contributed by atoms with Crippen LogP contribution in [0.4, 0.5) is 0 Å². The highest BCUT2D eigenvalue weighted by atomic mass is 35.5. The average Bonchev–Trinajstić information content (AvgIpc) is 3.32. The number of fused-ring (bicyclic) bond motifs is 3. The summed E-state index contributed by atoms with van der Waals surface area (Å²) in [4.78, 5) is 30.3. The maximum atomic E-state index is 12.7. The van der Waals surface area contributed by atoms with Crippen molar-refractivity contribution in [2.45, 2.75) is 39.2 Å². The molecule has 1 amide bonds. The topological polar surface area (TPSA) is 139 Å². The van der Waals surface area contributed by atoms with Crippen LogP contribution in [0.25, 0.3) is 5.69 Å². The molecule has 0 bridgehead atoms. The van der Waals surface area contributed by atoms with Crippen LogP contribution in [0.2, 0.25) is 5.02 Å². The predicted molar refractivity (Wildman–Crippen MR) is 165 cm³/mol. The fourth-order valence-electron chi connectivity index (χ4n) is 4.99. The fraction of sp³-hybridized carbons (Fsp3) is 0.258. The molecule has 12 heteroatoms. The molecule has 1 aliphatic rings. The van der Waals surface area contributed by atoms with Gasteiger partial charge in [-0.05, 0) is 56.1 Å². The van der Waals surface area contributed by atoms with Crippen molar-refractivity contribution in [2.75, 3.05) is 13.2 Å². The number of hydrogen-bond donors (Lipinski definition) is 3. The van der Waals surface area contributed by atoms with Gasteiger partial charge in [0.05, 0.1) is 24.4 Å². The number of rotatable bonds is 11. The molecule has 2 heterocycles. The second-order valence-corrected chi connectivity index (χ2v) is 10.6. The van der Waals surface area contributed by atoms with Gasteiger partial charge in [0.25, 0.3) is 0 Å². The minimum Gasteiger partial charge on any atom is -0.494 e. The third kappa shape index (κ3) is 6.85. The molecule has 4 aromatic rings. The first-order valence-corrected chi connectivity index (χ1v) is 14.4. The van der Waals surface area contributed by atoms with Crippen LogP contribution in [0.5, 0.6) is 5.75 Å². The number of aromatic nitrogens is 3. The van der Waals surface area contributed by atoms with Gasteiger partial charge < -0.3 is 20.1 Å². The first-order valence-electron chi connectivity index (χ1n) is 14.0. The maximum Gasteiger partial charge on any atom is 0.488 e. The molecule has 220 valence electrons. The van der Waals surface area contributed by atoms with Gasteiger partial charge in [-0.15, -0.1) is 10.2 Å². The molecule has 0 radical (unpaired) electrons. The average molecular weight is 600 g/mol. The Hall–Kier alpha value is -4.32. The fourth-order valence-corrected chi connectivity index (χ4v) is 5.12. The third-order valence-electron chi connectivity index (χ3n) is 7.11. The van der Waals surface area contributed by atoms with Gasteiger partial charge in [-0.2, -0.15) is 0 Å². The van der Waals surface area contributed by atoms with Gasteiger partial charge in [0, 0.05) is 34.7 Å². The molecule has 5 rings (SSSR count). The van der Waals surface area contributed by atoms with Crippen LogP contribution in [0.1, 0.15) is 65.4 Å². The number of nitrogens with one attached hydrogen (secondary N) is 1. The molecule has 0 fully saturated rings. The van der Waals surface area contributed by atoms with Crippen molar-refractivity contribution in [3.05, 3.63) is 100 Å². The smallest absolute Gasteiger partial charge is 0.488 e. The van der Waals surface area contributed by atoms with E-state index in [9.17, 15) is 19.6 Å². The molecule has 10 nitrogen and oxygen atoms in total. The molecule has 3 N–H and O–H groups in total. The van der Waals surface area contributed by atoms with Crippen molar-refractivity contribution in [1.29, 1.82) is 0 Å². The van der Waals surface area contributed by atoms with Crippen LogP contribution in [-0.4, -0.2) is 62.5 Å². The third-order valence-corrected chi connectivity index (χ3v) is 7.37. The van der Waals surface area contributed by atoms with E-state index in [-0.39, 0.29) is 24.5 Å². The minimum absolute atomic E-state index is 0.0598. The van der Waals surface area contributed by atoms with Crippen molar-refractivity contribution in [3.63, 3.8) is 0 Å². The predicted octanol–water partition coefficient (Wildman–Crippen LogP) is 3.37. The van der Waals surface area contributed by atoms with Crippen molar-refractivity contribution < 1.29 is 24.4 Å². The molecule has 1 aliphatic heterocycles. The van der Waals surface area contributed by atoms with E-state index in [1.54, 1.807) is 24.3 Å². The van der Waals surface area contributed by atoms with Crippen LogP contribution in [0.15, 0.2) is 71.7 Å². The summed E-state index contributed by atoms with van der Waals surface area (Å²) >= 11 is 6.19. The van der Waals surface area contributed by atoms with E-state index in [1.807, 2.05) is 48.7 Å². The van der Waals surface area contributed by atoms with Gasteiger partial charge in [-0.25, -0.2) is 0 Å². The summed E-state index contributed by atoms with van der Waals surface area (Å²) in [6, 6.07) is 18.7. The molecule has 0 aliphatic carbocycles. The lowest BCUT2D eigenvalue weighted by Gasteiger charge is -2.15. The van der Waals surface area contributed by atoms with E-state index >= 15 is 0 Å². The Balaban J connectivity index is 1.41. The zero-order valence-corrected chi connectivity index (χ0v) is 24.6. The molecular formula is C31H31BClN5O5. The van der Waals surface area contributed by atoms with Crippen molar-refractivity contribution in [3.8, 4) is 11.4 Å². The number of hydrogen-bond acceptors (Lipinski definition) is 8. The molecule has 43 heavy (non-hydrogen) atoms. The Labute approximate surface area is 254 Å². The number of nitrogens with zero attached hydrogens (tertiary/aromatic N) is 4. The highest BCUT2D eigenvalue weighted by Gasteiger charge is 2.30. The monoisotopic (exact) mass is 599 g/mol. The first kappa shape index (κ1) is 30.2. The summed E-state index contributed by atoms with van der Waals surface area (Å²) in [6.07, 6.45) is 0.869. The molecule has 0 saturated carbocycles. The molecule has 0 spiro atoms. The number of benzene rings is 3. The minimum atomic E-state index is -1.57. The Morgan fingerprint density at radius 1 is 1.05 bits per heavy atom. The van der Waals surface area contributed by atoms with E-state index in [1.165, 1.54) is 12.1 Å². The number of aryl methyl sites for hydroxylation is 1. The largest absolute Gasteiger partial charge is 0.494 e. The van der Waals surface area contributed by atoms with Gasteiger partial charge in [0.15, 0.2) is 11.6 Å². The summed E-state index contributed by atoms with van der Waals surface area (Å²) in [5.41, 5.74) is 3.91. The zero-order valence-electron chi connectivity index (χ0n) is 23.8. The highest BCUT2D eigenvalue weighted by Crippen LogP contribution is 2.34. The molecule has 1 aromatic heterocycles. The summed E-state index contributed by atoms with van der Waals surface area (Å²) in [5, 5.41) is 30.7. The van der Waals surface area contributed by atoms with Gasteiger partial charge in [-0.1, -0.05) is 48.0 Å². The lowest BCUT2D eigenvalue weighted by atomic mass is 9.80. The molecule has 0 saturated heterocycles. The molecular weight excluding hydrogens is 569 g/mol. The first-order chi connectivity index (χ1) is 20.7. The van der Waals surface area contributed by atoms with Gasteiger partial charge in [-0.3, -0.25) is 19.1 Å². The Bertz CT molecular complexity index is 1650. The second kappa shape index (κ2) is 13.3. The van der Waals surface area contributed by atoms with Crippen LogP contribution in [0.3, 0.4) is 0 Å². The van der Waals surface area contributed by atoms with E-state index in [4.69, 9.17) is 21.3 Å². The summed E-state index contributed by atoms with van der Waals surface area (Å²) in [5.74, 6) is 1.64. The van der Waals surface area contributed by atoms with Gasteiger partial charge in [0.1, 0.15) is 17.6 Å². The molecule has 0 unspecified atom stereocenters. The van der Waals surface area contributed by atoms with E-state index in [0.717, 1.165) is 16.8 Å². The normalized spacial score (nSPS) is 13.8. The Morgan fingerprint density at radius 3 is 2.49 bits per heavy atom. The summed E-state index contributed by atoms with van der Waals surface area (Å²) in [7, 11) is -1.57. The van der Waals surface area contributed by atoms with E-state index in [0.29, 0.717) is 58.7 Å². The number of halogens is 1. The SMILES string of the molecule is CCNC(=O)C[C@@H]1N=C(c2ccc(Cl)cc2)c2cc(OCCCC(=O)c3ccc(B(O)O)cc3)ccc2-n2c(C)nnc21. The highest BCUT2D eigenvalue weighted by molar-refractivity contribution is 6.58.